The van der Waals surface area contributed by atoms with Gasteiger partial charge in [0.05, 0.1) is 12.5 Å². The average Bonchev–Trinajstić information content (AvgIpc) is 2.23. The van der Waals surface area contributed by atoms with Crippen LogP contribution < -0.4 is 0 Å². The topological polar surface area (TPSA) is 46.5 Å². The van der Waals surface area contributed by atoms with Crippen molar-refractivity contribution in [1.29, 1.82) is 0 Å². The molecule has 1 unspecified atom stereocenters. The van der Waals surface area contributed by atoms with Crippen molar-refractivity contribution in [2.24, 2.45) is 11.3 Å². The Morgan fingerprint density at radius 3 is 3.08 bits per heavy atom. The van der Waals surface area contributed by atoms with Crippen LogP contribution in [0.5, 0.6) is 0 Å². The van der Waals surface area contributed by atoms with Gasteiger partial charge in [-0.3, -0.25) is 4.79 Å². The molecule has 68 valence electrons. The van der Waals surface area contributed by atoms with E-state index in [-0.39, 0.29) is 18.4 Å². The fraction of sp³-hybridized carbons (Fsp3) is 0.889. The Labute approximate surface area is 71.7 Å². The molecule has 3 heteroatoms. The number of hydrogen-bond donors (Lipinski definition) is 1. The van der Waals surface area contributed by atoms with Gasteiger partial charge in [0.2, 0.25) is 0 Å². The smallest absolute Gasteiger partial charge is 0.303 e. The van der Waals surface area contributed by atoms with Gasteiger partial charge in [-0.05, 0) is 24.2 Å². The molecule has 0 aromatic carbocycles. The maximum atomic E-state index is 10.4. The third kappa shape index (κ3) is 1.04. The minimum absolute atomic E-state index is 0.230. The molecule has 0 aromatic heterocycles. The largest absolute Gasteiger partial charge is 0.481 e. The molecule has 0 bridgehead atoms. The number of rotatable bonds is 2. The maximum absolute atomic E-state index is 10.4. The molecule has 0 aromatic rings. The van der Waals surface area contributed by atoms with Crippen molar-refractivity contribution < 1.29 is 14.6 Å². The van der Waals surface area contributed by atoms with E-state index in [4.69, 9.17) is 9.84 Å². The van der Waals surface area contributed by atoms with Crippen LogP contribution in [0.4, 0.5) is 0 Å². The van der Waals surface area contributed by atoms with Crippen LogP contribution in [0.15, 0.2) is 0 Å². The summed E-state index contributed by atoms with van der Waals surface area (Å²) in [6.07, 6.45) is 2.64. The van der Waals surface area contributed by atoms with Gasteiger partial charge in [-0.2, -0.15) is 0 Å². The van der Waals surface area contributed by atoms with Gasteiger partial charge in [-0.1, -0.05) is 6.92 Å². The van der Waals surface area contributed by atoms with E-state index in [1.807, 2.05) is 0 Å². The summed E-state index contributed by atoms with van der Waals surface area (Å²) in [5.74, 6) is -0.424. The van der Waals surface area contributed by atoms with Crippen LogP contribution in [-0.2, 0) is 9.53 Å². The number of ether oxygens (including phenoxy) is 1. The van der Waals surface area contributed by atoms with E-state index in [0.717, 1.165) is 19.4 Å². The fourth-order valence-electron chi connectivity index (χ4n) is 2.63. The summed E-state index contributed by atoms with van der Waals surface area (Å²) in [6.45, 7) is 3.01. The molecule has 1 heterocycles. The second kappa shape index (κ2) is 2.46. The molecular weight excluding hydrogens is 156 g/mol. The zero-order valence-corrected chi connectivity index (χ0v) is 7.25. The molecule has 1 aliphatic carbocycles. The fourth-order valence-corrected chi connectivity index (χ4v) is 2.63. The highest BCUT2D eigenvalue weighted by Gasteiger charge is 2.54. The van der Waals surface area contributed by atoms with Crippen molar-refractivity contribution in [2.45, 2.75) is 32.3 Å². The molecule has 2 fully saturated rings. The third-order valence-corrected chi connectivity index (χ3v) is 3.25. The molecule has 0 amide bonds. The number of carboxylic acid groups (broad SMARTS) is 1. The van der Waals surface area contributed by atoms with Crippen LogP contribution in [-0.4, -0.2) is 23.8 Å². The lowest BCUT2D eigenvalue weighted by Crippen LogP contribution is -2.48. The zero-order valence-electron chi connectivity index (χ0n) is 7.25. The van der Waals surface area contributed by atoms with Gasteiger partial charge in [0, 0.05) is 6.61 Å². The normalized spacial score (nSPS) is 45.1. The summed E-state index contributed by atoms with van der Waals surface area (Å²) < 4.78 is 5.51. The summed E-state index contributed by atoms with van der Waals surface area (Å²) in [4.78, 5) is 10.4. The first-order chi connectivity index (χ1) is 5.62. The van der Waals surface area contributed by atoms with Crippen molar-refractivity contribution in [1.82, 2.24) is 0 Å². The molecular formula is C9H14O3. The first-order valence-corrected chi connectivity index (χ1v) is 4.45. The zero-order chi connectivity index (χ0) is 8.77. The SMILES string of the molecule is C[C@@]12CCO[C@@H]1C(CC(=O)O)C2. The first-order valence-electron chi connectivity index (χ1n) is 4.45. The van der Waals surface area contributed by atoms with Crippen LogP contribution in [0.2, 0.25) is 0 Å². The lowest BCUT2D eigenvalue weighted by Gasteiger charge is -2.47. The van der Waals surface area contributed by atoms with Gasteiger partial charge >= 0.3 is 5.97 Å². The molecule has 1 N–H and O–H groups in total. The van der Waals surface area contributed by atoms with E-state index in [1.165, 1.54) is 0 Å². The molecule has 3 atom stereocenters. The summed E-state index contributed by atoms with van der Waals surface area (Å²) >= 11 is 0. The lowest BCUT2D eigenvalue weighted by atomic mass is 9.59. The number of aliphatic carboxylic acids is 1. The highest BCUT2D eigenvalue weighted by atomic mass is 16.5. The molecule has 1 saturated carbocycles. The summed E-state index contributed by atoms with van der Waals surface area (Å²) in [5, 5.41) is 8.60. The predicted octanol–water partition coefficient (Wildman–Crippen LogP) is 1.28. The Bertz CT molecular complexity index is 214. The van der Waals surface area contributed by atoms with Crippen LogP contribution in [0.1, 0.15) is 26.2 Å². The molecule has 1 saturated heterocycles. The Hall–Kier alpha value is -0.570. The van der Waals surface area contributed by atoms with Crippen LogP contribution in [0.3, 0.4) is 0 Å². The number of hydrogen-bond acceptors (Lipinski definition) is 2. The quantitative estimate of drug-likeness (QED) is 0.679. The second-order valence-electron chi connectivity index (χ2n) is 4.26. The standard InChI is InChI=1S/C9H14O3/c1-9-2-3-12-8(9)6(5-9)4-7(10)11/h6,8H,2-5H2,1H3,(H,10,11)/t6?,8-,9+/m1/s1. The van der Waals surface area contributed by atoms with Gasteiger partial charge in [0.15, 0.2) is 0 Å². The van der Waals surface area contributed by atoms with Crippen molar-refractivity contribution in [3.63, 3.8) is 0 Å². The second-order valence-corrected chi connectivity index (χ2v) is 4.26. The number of fused-ring (bicyclic) bond motifs is 1. The van der Waals surface area contributed by atoms with E-state index in [2.05, 4.69) is 6.92 Å². The summed E-state index contributed by atoms with van der Waals surface area (Å²) in [6, 6.07) is 0. The highest BCUT2D eigenvalue weighted by Crippen LogP contribution is 2.54. The number of carbonyl (C=O) groups is 1. The first kappa shape index (κ1) is 8.05. The van der Waals surface area contributed by atoms with Gasteiger partial charge in [-0.25, -0.2) is 0 Å². The summed E-state index contributed by atoms with van der Waals surface area (Å²) in [7, 11) is 0. The van der Waals surface area contributed by atoms with E-state index in [1.54, 1.807) is 0 Å². The predicted molar refractivity (Wildman–Crippen MR) is 42.8 cm³/mol. The lowest BCUT2D eigenvalue weighted by molar-refractivity contribution is -0.145. The van der Waals surface area contributed by atoms with Gasteiger partial charge in [0.25, 0.3) is 0 Å². The Morgan fingerprint density at radius 2 is 2.50 bits per heavy atom. The van der Waals surface area contributed by atoms with E-state index in [9.17, 15) is 4.79 Å². The summed E-state index contributed by atoms with van der Waals surface area (Å²) in [5.41, 5.74) is 0.306. The van der Waals surface area contributed by atoms with E-state index >= 15 is 0 Å². The minimum atomic E-state index is -0.697. The van der Waals surface area contributed by atoms with Crippen molar-refractivity contribution in [3.8, 4) is 0 Å². The minimum Gasteiger partial charge on any atom is -0.481 e. The van der Waals surface area contributed by atoms with Crippen molar-refractivity contribution in [2.75, 3.05) is 6.61 Å². The van der Waals surface area contributed by atoms with Crippen LogP contribution in [0, 0.1) is 11.3 Å². The van der Waals surface area contributed by atoms with Gasteiger partial charge < -0.3 is 9.84 Å². The third-order valence-electron chi connectivity index (χ3n) is 3.25. The van der Waals surface area contributed by atoms with E-state index in [0.29, 0.717) is 5.41 Å². The Kier molecular flexibility index (Phi) is 1.65. The highest BCUT2D eigenvalue weighted by molar-refractivity contribution is 5.67. The van der Waals surface area contributed by atoms with Gasteiger partial charge in [0.1, 0.15) is 0 Å². The Morgan fingerprint density at radius 1 is 1.75 bits per heavy atom. The molecule has 2 aliphatic rings. The maximum Gasteiger partial charge on any atom is 0.303 e. The molecule has 12 heavy (non-hydrogen) atoms. The van der Waals surface area contributed by atoms with Crippen molar-refractivity contribution in [3.05, 3.63) is 0 Å². The van der Waals surface area contributed by atoms with Gasteiger partial charge in [-0.15, -0.1) is 0 Å². The molecule has 2 rings (SSSR count). The van der Waals surface area contributed by atoms with Crippen molar-refractivity contribution >= 4 is 5.97 Å². The van der Waals surface area contributed by atoms with E-state index < -0.39 is 5.97 Å². The van der Waals surface area contributed by atoms with Crippen LogP contribution in [0.25, 0.3) is 0 Å². The Balaban J connectivity index is 1.95. The molecule has 3 nitrogen and oxygen atoms in total. The monoisotopic (exact) mass is 170 g/mol. The molecule has 0 spiro atoms. The molecule has 0 radical (unpaired) electrons. The average molecular weight is 170 g/mol. The molecule has 1 aliphatic heterocycles. The van der Waals surface area contributed by atoms with Crippen LogP contribution >= 0.6 is 0 Å². The number of carboxylic acids is 1.